The van der Waals surface area contributed by atoms with Gasteiger partial charge >= 0.3 is 0 Å². The highest BCUT2D eigenvalue weighted by Gasteiger charge is 2.25. The zero-order valence-corrected chi connectivity index (χ0v) is 21.2. The lowest BCUT2D eigenvalue weighted by Crippen LogP contribution is -2.35. The maximum Gasteiger partial charge on any atom is 0.213 e. The van der Waals surface area contributed by atoms with Gasteiger partial charge in [-0.3, -0.25) is 4.90 Å². The van der Waals surface area contributed by atoms with Gasteiger partial charge in [-0.05, 0) is 62.7 Å². The molecule has 8 heteroatoms. The fraction of sp³-hybridized carbons (Fsp3) is 0.367. The van der Waals surface area contributed by atoms with E-state index in [2.05, 4.69) is 27.7 Å². The van der Waals surface area contributed by atoms with E-state index in [0.717, 1.165) is 69.1 Å². The number of para-hydroxylation sites is 2. The molecule has 2 aromatic carbocycles. The molecule has 2 aromatic heterocycles. The van der Waals surface area contributed by atoms with Crippen LogP contribution < -0.4 is 4.74 Å². The van der Waals surface area contributed by atoms with Gasteiger partial charge in [0, 0.05) is 29.8 Å². The van der Waals surface area contributed by atoms with Crippen LogP contribution in [0.4, 0.5) is 4.39 Å². The van der Waals surface area contributed by atoms with E-state index in [0.29, 0.717) is 22.9 Å². The van der Waals surface area contributed by atoms with Crippen LogP contribution in [0.5, 0.6) is 5.88 Å². The second-order valence-corrected chi connectivity index (χ2v) is 10.1. The van der Waals surface area contributed by atoms with Crippen LogP contribution in [0, 0.1) is 17.1 Å². The maximum absolute atomic E-state index is 14.2. The fourth-order valence-corrected chi connectivity index (χ4v) is 5.29. The summed E-state index contributed by atoms with van der Waals surface area (Å²) in [6.45, 7) is 4.54. The molecule has 2 aliphatic heterocycles. The van der Waals surface area contributed by atoms with Crippen molar-refractivity contribution in [2.75, 3.05) is 19.7 Å². The molecule has 0 amide bonds. The number of benzene rings is 2. The van der Waals surface area contributed by atoms with Gasteiger partial charge in [-0.15, -0.1) is 0 Å². The number of halogens is 1. The molecule has 38 heavy (non-hydrogen) atoms. The second kappa shape index (κ2) is 10.9. The third-order valence-corrected chi connectivity index (χ3v) is 7.59. The number of likely N-dealkylation sites (tertiary alicyclic amines) is 1. The molecule has 194 valence electrons. The molecule has 0 spiro atoms. The number of pyridine rings is 1. The maximum atomic E-state index is 14.2. The first-order valence-electron chi connectivity index (χ1n) is 13.2. The molecule has 2 fully saturated rings. The molecule has 0 bridgehead atoms. The topological polar surface area (TPSA) is 76.2 Å². The Labute approximate surface area is 221 Å². The van der Waals surface area contributed by atoms with Crippen LogP contribution in [0.15, 0.2) is 60.7 Å². The first kappa shape index (κ1) is 24.5. The highest BCUT2D eigenvalue weighted by atomic mass is 19.1. The normalized spacial score (nSPS) is 18.3. The van der Waals surface area contributed by atoms with E-state index in [1.807, 2.05) is 24.3 Å². The molecule has 0 radical (unpaired) electrons. The molecule has 2 aliphatic rings. The lowest BCUT2D eigenvalue weighted by molar-refractivity contribution is -0.0592. The Morgan fingerprint density at radius 1 is 1.03 bits per heavy atom. The van der Waals surface area contributed by atoms with Gasteiger partial charge in [0.15, 0.2) is 0 Å². The summed E-state index contributed by atoms with van der Waals surface area (Å²) in [5.41, 5.74) is 3.92. The van der Waals surface area contributed by atoms with Crippen molar-refractivity contribution in [1.29, 1.82) is 5.26 Å². The van der Waals surface area contributed by atoms with E-state index in [4.69, 9.17) is 24.7 Å². The van der Waals surface area contributed by atoms with Crippen molar-refractivity contribution in [2.45, 2.75) is 51.0 Å². The van der Waals surface area contributed by atoms with Crippen LogP contribution in [-0.4, -0.2) is 45.2 Å². The van der Waals surface area contributed by atoms with Crippen LogP contribution in [0.2, 0.25) is 0 Å². The molecule has 6 rings (SSSR count). The zero-order valence-electron chi connectivity index (χ0n) is 21.2. The molecule has 0 N–H and O–H groups in total. The highest BCUT2D eigenvalue weighted by molar-refractivity contribution is 5.75. The first-order valence-corrected chi connectivity index (χ1v) is 13.2. The fourth-order valence-electron chi connectivity index (χ4n) is 5.29. The van der Waals surface area contributed by atoms with Crippen LogP contribution >= 0.6 is 0 Å². The Hall–Kier alpha value is -3.80. The van der Waals surface area contributed by atoms with Crippen molar-refractivity contribution in [3.05, 3.63) is 89.1 Å². The summed E-state index contributed by atoms with van der Waals surface area (Å²) in [4.78, 5) is 12.2. The third kappa shape index (κ3) is 5.26. The molecule has 4 heterocycles. The quantitative estimate of drug-likeness (QED) is 0.324. The lowest BCUT2D eigenvalue weighted by Gasteiger charge is -2.32. The summed E-state index contributed by atoms with van der Waals surface area (Å²) >= 11 is 0. The van der Waals surface area contributed by atoms with Gasteiger partial charge < -0.3 is 14.0 Å². The van der Waals surface area contributed by atoms with E-state index in [1.165, 1.54) is 11.6 Å². The molecule has 1 atom stereocenters. The molecule has 4 aromatic rings. The third-order valence-electron chi connectivity index (χ3n) is 7.59. The molecule has 7 nitrogen and oxygen atoms in total. The van der Waals surface area contributed by atoms with E-state index in [9.17, 15) is 4.39 Å². The number of piperidine rings is 1. The minimum absolute atomic E-state index is 0.0688. The average Bonchev–Trinajstić information content (AvgIpc) is 3.27. The largest absolute Gasteiger partial charge is 0.473 e. The van der Waals surface area contributed by atoms with Gasteiger partial charge in [-0.1, -0.05) is 24.3 Å². The molecular weight excluding hydrogens is 481 g/mol. The Balaban J connectivity index is 1.08. The Morgan fingerprint density at radius 3 is 2.63 bits per heavy atom. The van der Waals surface area contributed by atoms with E-state index in [-0.39, 0.29) is 12.7 Å². The van der Waals surface area contributed by atoms with Crippen molar-refractivity contribution in [1.82, 2.24) is 19.4 Å². The molecule has 0 saturated carbocycles. The lowest BCUT2D eigenvalue weighted by atomic mass is 9.93. The van der Waals surface area contributed by atoms with Crippen molar-refractivity contribution < 1.29 is 13.9 Å². The Morgan fingerprint density at radius 2 is 1.87 bits per heavy atom. The minimum Gasteiger partial charge on any atom is -0.473 e. The van der Waals surface area contributed by atoms with Crippen LogP contribution in [0.3, 0.4) is 0 Å². The number of ether oxygens (including phenoxy) is 2. The van der Waals surface area contributed by atoms with Crippen molar-refractivity contribution in [3.63, 3.8) is 0 Å². The zero-order chi connectivity index (χ0) is 25.9. The molecule has 2 saturated heterocycles. The van der Waals surface area contributed by atoms with Gasteiger partial charge in [0.2, 0.25) is 5.88 Å². The van der Waals surface area contributed by atoms with Gasteiger partial charge in [0.1, 0.15) is 18.2 Å². The van der Waals surface area contributed by atoms with Gasteiger partial charge in [-0.25, -0.2) is 14.4 Å². The van der Waals surface area contributed by atoms with Crippen molar-refractivity contribution in [2.24, 2.45) is 0 Å². The number of nitriles is 1. The molecule has 0 unspecified atom stereocenters. The van der Waals surface area contributed by atoms with Gasteiger partial charge in [-0.2, -0.15) is 5.26 Å². The summed E-state index contributed by atoms with van der Waals surface area (Å²) < 4.78 is 28.1. The predicted octanol–water partition coefficient (Wildman–Crippen LogP) is 5.19. The number of fused-ring (bicyclic) bond motifs is 1. The number of aromatic nitrogens is 3. The van der Waals surface area contributed by atoms with Gasteiger partial charge in [0.05, 0.1) is 41.9 Å². The molecule has 0 aliphatic carbocycles. The summed E-state index contributed by atoms with van der Waals surface area (Å²) in [6.07, 6.45) is 3.40. The Kier molecular flexibility index (Phi) is 7.04. The average molecular weight is 512 g/mol. The monoisotopic (exact) mass is 511 g/mol. The standard InChI is InChI=1S/C30H30FN5O2/c31-25-16-21(17-32)8-9-23(25)20-38-30-7-3-5-26(34-30)22-10-13-35(14-11-22)19-29-33-27-4-1-2-6-28(27)36(29)18-24-12-15-37-24/h1-9,16,22,24H,10-15,18-20H2/t24-/m0/s1. The highest BCUT2D eigenvalue weighted by Crippen LogP contribution is 2.29. The number of rotatable bonds is 8. The molecular formula is C30H30FN5O2. The summed E-state index contributed by atoms with van der Waals surface area (Å²) in [6, 6.07) is 20.5. The van der Waals surface area contributed by atoms with Gasteiger partial charge in [0.25, 0.3) is 0 Å². The van der Waals surface area contributed by atoms with E-state index in [1.54, 1.807) is 18.2 Å². The smallest absolute Gasteiger partial charge is 0.213 e. The Bertz CT molecular complexity index is 1470. The minimum atomic E-state index is -0.443. The summed E-state index contributed by atoms with van der Waals surface area (Å²) in [5, 5.41) is 8.92. The number of hydrogen-bond acceptors (Lipinski definition) is 6. The van der Waals surface area contributed by atoms with E-state index >= 15 is 0 Å². The number of hydrogen-bond donors (Lipinski definition) is 0. The van der Waals surface area contributed by atoms with Crippen molar-refractivity contribution >= 4 is 11.0 Å². The van der Waals surface area contributed by atoms with Crippen molar-refractivity contribution in [3.8, 4) is 11.9 Å². The first-order chi connectivity index (χ1) is 18.7. The predicted molar refractivity (Wildman–Crippen MR) is 141 cm³/mol. The van der Waals surface area contributed by atoms with Crippen LogP contribution in [-0.2, 0) is 24.4 Å². The van der Waals surface area contributed by atoms with Crippen LogP contribution in [0.1, 0.15) is 47.8 Å². The van der Waals surface area contributed by atoms with Crippen LogP contribution in [0.25, 0.3) is 11.0 Å². The summed E-state index contributed by atoms with van der Waals surface area (Å²) in [7, 11) is 0. The SMILES string of the molecule is N#Cc1ccc(COc2cccc(C3CCN(Cc4nc5ccccc5n4C[C@@H]4CCO4)CC3)n2)c(F)c1. The summed E-state index contributed by atoms with van der Waals surface area (Å²) in [5.74, 6) is 1.49. The van der Waals surface area contributed by atoms with E-state index < -0.39 is 5.82 Å². The number of imidazole rings is 1. The second-order valence-electron chi connectivity index (χ2n) is 10.1. The number of nitrogens with zero attached hydrogens (tertiary/aromatic N) is 5.